The Labute approximate surface area is 113 Å². The maximum atomic E-state index is 11.9. The van der Waals surface area contributed by atoms with E-state index in [0.717, 1.165) is 17.7 Å². The van der Waals surface area contributed by atoms with Crippen LogP contribution in [-0.4, -0.2) is 30.3 Å². The minimum absolute atomic E-state index is 0.0755. The van der Waals surface area contributed by atoms with Crippen LogP contribution in [-0.2, 0) is 9.59 Å². The molecule has 102 valence electrons. The molecule has 4 heteroatoms. The van der Waals surface area contributed by atoms with Gasteiger partial charge in [-0.2, -0.15) is 0 Å². The summed E-state index contributed by atoms with van der Waals surface area (Å²) in [7, 11) is 1.68. The quantitative estimate of drug-likeness (QED) is 0.900. The van der Waals surface area contributed by atoms with Crippen molar-refractivity contribution in [3.05, 3.63) is 29.8 Å². The Morgan fingerprint density at radius 3 is 2.42 bits per heavy atom. The lowest BCUT2D eigenvalue weighted by molar-refractivity contribution is -0.134. The zero-order chi connectivity index (χ0) is 14.0. The predicted molar refractivity (Wildman–Crippen MR) is 74.7 cm³/mol. The maximum Gasteiger partial charge on any atom is 0.243 e. The fourth-order valence-corrected chi connectivity index (χ4v) is 2.08. The van der Waals surface area contributed by atoms with Gasteiger partial charge in [0, 0.05) is 18.7 Å². The van der Waals surface area contributed by atoms with Gasteiger partial charge in [0.25, 0.3) is 0 Å². The molecule has 1 fully saturated rings. The molecule has 0 bridgehead atoms. The fraction of sp³-hybridized carbons (Fsp3) is 0.467. The number of nitrogens with zero attached hydrogens (tertiary/aromatic N) is 1. The summed E-state index contributed by atoms with van der Waals surface area (Å²) in [5.41, 5.74) is 1.91. The molecule has 1 aromatic carbocycles. The van der Waals surface area contributed by atoms with Gasteiger partial charge in [0.05, 0.1) is 6.54 Å². The maximum absolute atomic E-state index is 11.9. The van der Waals surface area contributed by atoms with Gasteiger partial charge in [-0.3, -0.25) is 9.59 Å². The van der Waals surface area contributed by atoms with Gasteiger partial charge in [-0.25, -0.2) is 0 Å². The largest absolute Gasteiger partial charge is 0.336 e. The van der Waals surface area contributed by atoms with Crippen LogP contribution in [0.4, 0.5) is 5.69 Å². The number of hydrogen-bond acceptors (Lipinski definition) is 2. The summed E-state index contributed by atoms with van der Waals surface area (Å²) in [6.07, 6.45) is 0.947. The lowest BCUT2D eigenvalue weighted by atomic mass is 10.2. The van der Waals surface area contributed by atoms with Crippen molar-refractivity contribution >= 4 is 17.5 Å². The Morgan fingerprint density at radius 2 is 1.89 bits per heavy atom. The topological polar surface area (TPSA) is 49.4 Å². The van der Waals surface area contributed by atoms with E-state index >= 15 is 0 Å². The van der Waals surface area contributed by atoms with Crippen LogP contribution in [0.15, 0.2) is 24.3 Å². The summed E-state index contributed by atoms with van der Waals surface area (Å²) in [4.78, 5) is 25.2. The highest BCUT2D eigenvalue weighted by Gasteiger charge is 2.40. The summed E-state index contributed by atoms with van der Waals surface area (Å²) >= 11 is 0. The van der Waals surface area contributed by atoms with Crippen molar-refractivity contribution in [2.75, 3.05) is 18.9 Å². The van der Waals surface area contributed by atoms with Crippen molar-refractivity contribution in [1.82, 2.24) is 4.90 Å². The molecule has 0 heterocycles. The Morgan fingerprint density at radius 1 is 1.32 bits per heavy atom. The molecular formula is C15H20N2O2. The van der Waals surface area contributed by atoms with Crippen LogP contribution < -0.4 is 5.32 Å². The van der Waals surface area contributed by atoms with Gasteiger partial charge < -0.3 is 10.2 Å². The van der Waals surface area contributed by atoms with Gasteiger partial charge >= 0.3 is 0 Å². The minimum Gasteiger partial charge on any atom is -0.336 e. The van der Waals surface area contributed by atoms with E-state index in [9.17, 15) is 9.59 Å². The SMILES string of the molecule is Cc1ccc(NC(=O)CN(C)C(=O)[C@@H]2C[C@H]2C)cc1. The molecule has 1 saturated carbocycles. The summed E-state index contributed by atoms with van der Waals surface area (Å²) in [6, 6.07) is 7.60. The van der Waals surface area contributed by atoms with Crippen LogP contribution in [0, 0.1) is 18.8 Å². The lowest BCUT2D eigenvalue weighted by Crippen LogP contribution is -2.36. The van der Waals surface area contributed by atoms with Crippen LogP contribution in [0.2, 0.25) is 0 Å². The summed E-state index contributed by atoms with van der Waals surface area (Å²) in [5.74, 6) is 0.506. The zero-order valence-electron chi connectivity index (χ0n) is 11.6. The second-order valence-corrected chi connectivity index (χ2v) is 5.43. The van der Waals surface area contributed by atoms with E-state index < -0.39 is 0 Å². The number of carbonyl (C=O) groups is 2. The molecule has 2 atom stereocenters. The number of anilines is 1. The highest BCUT2D eigenvalue weighted by Crippen LogP contribution is 2.38. The van der Waals surface area contributed by atoms with Crippen LogP contribution in [0.3, 0.4) is 0 Å². The number of amides is 2. The van der Waals surface area contributed by atoms with Crippen LogP contribution in [0.1, 0.15) is 18.9 Å². The standard InChI is InChI=1S/C15H20N2O2/c1-10-4-6-12(7-5-10)16-14(18)9-17(3)15(19)13-8-11(13)2/h4-7,11,13H,8-9H2,1-3H3,(H,16,18)/t11-,13-/m1/s1. The third-order valence-electron chi connectivity index (χ3n) is 3.52. The molecule has 0 unspecified atom stereocenters. The number of rotatable bonds is 4. The van der Waals surface area contributed by atoms with Crippen molar-refractivity contribution in [3.8, 4) is 0 Å². The van der Waals surface area contributed by atoms with Gasteiger partial charge in [-0.15, -0.1) is 0 Å². The summed E-state index contributed by atoms with van der Waals surface area (Å²) in [5, 5.41) is 2.79. The number of hydrogen-bond donors (Lipinski definition) is 1. The second-order valence-electron chi connectivity index (χ2n) is 5.43. The van der Waals surface area contributed by atoms with Crippen molar-refractivity contribution in [2.24, 2.45) is 11.8 Å². The van der Waals surface area contributed by atoms with E-state index in [0.29, 0.717) is 5.92 Å². The molecule has 0 aliphatic heterocycles. The monoisotopic (exact) mass is 260 g/mol. The Kier molecular flexibility index (Phi) is 3.88. The molecule has 2 amide bonds. The number of carbonyl (C=O) groups excluding carboxylic acids is 2. The van der Waals surface area contributed by atoms with Crippen molar-refractivity contribution in [3.63, 3.8) is 0 Å². The Hall–Kier alpha value is -1.84. The van der Waals surface area contributed by atoms with Gasteiger partial charge in [-0.1, -0.05) is 24.6 Å². The van der Waals surface area contributed by atoms with Gasteiger partial charge in [0.15, 0.2) is 0 Å². The van der Waals surface area contributed by atoms with Gasteiger partial charge in [0.1, 0.15) is 0 Å². The van der Waals surface area contributed by atoms with Crippen LogP contribution >= 0.6 is 0 Å². The first-order valence-corrected chi connectivity index (χ1v) is 6.59. The first-order chi connectivity index (χ1) is 8.97. The molecule has 1 aliphatic rings. The van der Waals surface area contributed by atoms with Crippen molar-refractivity contribution in [1.29, 1.82) is 0 Å². The van der Waals surface area contributed by atoms with E-state index in [1.807, 2.05) is 31.2 Å². The normalized spacial score (nSPS) is 20.8. The highest BCUT2D eigenvalue weighted by atomic mass is 16.2. The van der Waals surface area contributed by atoms with E-state index in [2.05, 4.69) is 12.2 Å². The Balaban J connectivity index is 1.83. The van der Waals surface area contributed by atoms with Crippen LogP contribution in [0.5, 0.6) is 0 Å². The third kappa shape index (κ3) is 3.56. The smallest absolute Gasteiger partial charge is 0.243 e. The molecule has 1 aliphatic carbocycles. The van der Waals surface area contributed by atoms with E-state index in [-0.39, 0.29) is 24.3 Å². The molecule has 0 radical (unpaired) electrons. The summed E-state index contributed by atoms with van der Waals surface area (Å²) in [6.45, 7) is 4.16. The lowest BCUT2D eigenvalue weighted by Gasteiger charge is -2.16. The molecule has 4 nitrogen and oxygen atoms in total. The van der Waals surface area contributed by atoms with E-state index in [4.69, 9.17) is 0 Å². The molecule has 1 N–H and O–H groups in total. The molecule has 0 aromatic heterocycles. The zero-order valence-corrected chi connectivity index (χ0v) is 11.6. The van der Waals surface area contributed by atoms with E-state index in [1.54, 1.807) is 7.05 Å². The van der Waals surface area contributed by atoms with Gasteiger partial charge in [0.2, 0.25) is 11.8 Å². The highest BCUT2D eigenvalue weighted by molar-refractivity contribution is 5.95. The number of likely N-dealkylation sites (N-methyl/N-ethyl adjacent to an activating group) is 1. The molecular weight excluding hydrogens is 240 g/mol. The molecule has 1 aromatic rings. The van der Waals surface area contributed by atoms with E-state index in [1.165, 1.54) is 4.90 Å². The third-order valence-corrected chi connectivity index (χ3v) is 3.52. The van der Waals surface area contributed by atoms with Crippen LogP contribution in [0.25, 0.3) is 0 Å². The minimum atomic E-state index is -0.159. The first-order valence-electron chi connectivity index (χ1n) is 6.59. The molecule has 0 spiro atoms. The number of aryl methyl sites for hydroxylation is 1. The van der Waals surface area contributed by atoms with Crippen molar-refractivity contribution < 1.29 is 9.59 Å². The molecule has 2 rings (SSSR count). The average Bonchev–Trinajstić information content (AvgIpc) is 3.08. The second kappa shape index (κ2) is 5.43. The molecule has 19 heavy (non-hydrogen) atoms. The average molecular weight is 260 g/mol. The van der Waals surface area contributed by atoms with Gasteiger partial charge in [-0.05, 0) is 31.4 Å². The fourth-order valence-electron chi connectivity index (χ4n) is 2.08. The summed E-state index contributed by atoms with van der Waals surface area (Å²) < 4.78 is 0. The molecule has 0 saturated heterocycles. The predicted octanol–water partition coefficient (Wildman–Crippen LogP) is 2.05. The Bertz CT molecular complexity index is 481. The first kappa shape index (κ1) is 13.6. The number of nitrogens with one attached hydrogen (secondary N) is 1. The van der Waals surface area contributed by atoms with Crippen molar-refractivity contribution in [2.45, 2.75) is 20.3 Å². The number of benzene rings is 1.